The van der Waals surface area contributed by atoms with Gasteiger partial charge in [-0.25, -0.2) is 14.6 Å². The summed E-state index contributed by atoms with van der Waals surface area (Å²) in [5.74, 6) is -0.562. The molecular weight excluding hydrogens is 324 g/mol. The lowest BCUT2D eigenvalue weighted by atomic mass is 10.1. The summed E-state index contributed by atoms with van der Waals surface area (Å²) < 4.78 is 10.8. The van der Waals surface area contributed by atoms with Gasteiger partial charge in [-0.2, -0.15) is 0 Å². The van der Waals surface area contributed by atoms with Crippen LogP contribution in [-0.4, -0.2) is 40.1 Å². The Morgan fingerprint density at radius 3 is 2.64 bits per heavy atom. The van der Waals surface area contributed by atoms with Gasteiger partial charge in [-0.05, 0) is 24.5 Å². The molecule has 1 aliphatic rings. The summed E-state index contributed by atoms with van der Waals surface area (Å²) >= 11 is 0. The van der Waals surface area contributed by atoms with Crippen molar-refractivity contribution >= 4 is 12.1 Å². The highest BCUT2D eigenvalue weighted by molar-refractivity contribution is 5.85. The molecule has 1 aliphatic heterocycles. The van der Waals surface area contributed by atoms with Crippen LogP contribution in [0.1, 0.15) is 54.2 Å². The van der Waals surface area contributed by atoms with Gasteiger partial charge in [0.2, 0.25) is 11.7 Å². The molecule has 7 nitrogen and oxygen atoms in total. The molecule has 2 aromatic rings. The molecule has 7 heteroatoms. The average molecular weight is 344 g/mol. The van der Waals surface area contributed by atoms with Crippen LogP contribution in [0.25, 0.3) is 0 Å². The van der Waals surface area contributed by atoms with Crippen molar-refractivity contribution in [1.29, 1.82) is 0 Å². The van der Waals surface area contributed by atoms with E-state index in [2.05, 4.69) is 4.98 Å². The number of carboxylic acids is 1. The van der Waals surface area contributed by atoms with Gasteiger partial charge in [0.25, 0.3) is 0 Å². The maximum Gasteiger partial charge on any atom is 0.415 e. The number of carbonyl (C=O) groups is 2. The molecule has 1 aromatic heterocycles. The lowest BCUT2D eigenvalue weighted by Gasteiger charge is -2.15. The number of amides is 1. The maximum absolute atomic E-state index is 12.2. The largest absolute Gasteiger partial charge is 0.475 e. The van der Waals surface area contributed by atoms with Crippen LogP contribution in [0.4, 0.5) is 4.79 Å². The second kappa shape index (κ2) is 6.96. The number of para-hydroxylation sites is 1. The van der Waals surface area contributed by atoms with Gasteiger partial charge in [-0.15, -0.1) is 0 Å². The molecule has 2 heterocycles. The first kappa shape index (κ1) is 17.0. The minimum absolute atomic E-state index is 0.0517. The molecular formula is C18H20N2O5. The number of ether oxygens (including phenoxy) is 1. The third-order valence-electron chi connectivity index (χ3n) is 4.16. The van der Waals surface area contributed by atoms with Gasteiger partial charge in [0.15, 0.2) is 0 Å². The predicted octanol–water partition coefficient (Wildman–Crippen LogP) is 3.48. The van der Waals surface area contributed by atoms with E-state index in [9.17, 15) is 14.7 Å². The molecule has 0 bridgehead atoms. The first-order valence-electron chi connectivity index (χ1n) is 8.21. The Kier molecular flexibility index (Phi) is 4.74. The normalized spacial score (nSPS) is 17.1. The first-order chi connectivity index (χ1) is 12.0. The molecule has 0 unspecified atom stereocenters. The Bertz CT molecular complexity index is 769. The molecule has 132 valence electrons. The van der Waals surface area contributed by atoms with Crippen molar-refractivity contribution in [2.45, 2.75) is 32.1 Å². The lowest BCUT2D eigenvalue weighted by Crippen LogP contribution is -2.31. The minimum atomic E-state index is -1.12. The van der Waals surface area contributed by atoms with E-state index in [-0.39, 0.29) is 17.6 Å². The zero-order chi connectivity index (χ0) is 18.0. The third-order valence-corrected chi connectivity index (χ3v) is 4.16. The zero-order valence-electron chi connectivity index (χ0n) is 14.1. The van der Waals surface area contributed by atoms with Crippen LogP contribution in [0.5, 0.6) is 5.75 Å². The van der Waals surface area contributed by atoms with Crippen molar-refractivity contribution in [1.82, 2.24) is 9.88 Å². The Labute approximate surface area is 145 Å². The van der Waals surface area contributed by atoms with Crippen molar-refractivity contribution in [2.24, 2.45) is 0 Å². The molecule has 25 heavy (non-hydrogen) atoms. The number of carbonyl (C=O) groups excluding carboxylic acids is 1. The van der Waals surface area contributed by atoms with E-state index in [1.807, 2.05) is 19.9 Å². The maximum atomic E-state index is 12.2. The summed E-state index contributed by atoms with van der Waals surface area (Å²) in [6.45, 7) is 4.64. The smallest absolute Gasteiger partial charge is 0.415 e. The fourth-order valence-corrected chi connectivity index (χ4v) is 2.85. The van der Waals surface area contributed by atoms with Crippen LogP contribution in [0.15, 0.2) is 34.7 Å². The molecule has 1 saturated heterocycles. The van der Waals surface area contributed by atoms with Crippen molar-refractivity contribution in [3.63, 3.8) is 0 Å². The van der Waals surface area contributed by atoms with Crippen LogP contribution in [-0.2, 0) is 0 Å². The Morgan fingerprint density at radius 1 is 1.32 bits per heavy atom. The summed E-state index contributed by atoms with van der Waals surface area (Å²) in [6, 6.07) is 8.87. The average Bonchev–Trinajstić information content (AvgIpc) is 3.23. The van der Waals surface area contributed by atoms with Crippen LogP contribution >= 0.6 is 0 Å². The van der Waals surface area contributed by atoms with Crippen molar-refractivity contribution in [3.8, 4) is 5.75 Å². The summed E-state index contributed by atoms with van der Waals surface area (Å²) in [7, 11) is 0. The van der Waals surface area contributed by atoms with Crippen molar-refractivity contribution in [2.75, 3.05) is 13.1 Å². The van der Waals surface area contributed by atoms with Gasteiger partial charge in [-0.1, -0.05) is 32.0 Å². The van der Waals surface area contributed by atoms with Gasteiger partial charge >= 0.3 is 12.1 Å². The number of benzene rings is 1. The van der Waals surface area contributed by atoms with E-state index in [1.165, 1.54) is 0 Å². The molecule has 1 aromatic carbocycles. The summed E-state index contributed by atoms with van der Waals surface area (Å²) in [4.78, 5) is 29.5. The predicted molar refractivity (Wildman–Crippen MR) is 88.9 cm³/mol. The van der Waals surface area contributed by atoms with E-state index in [0.717, 1.165) is 0 Å². The van der Waals surface area contributed by atoms with Crippen LogP contribution in [0.3, 0.4) is 0 Å². The van der Waals surface area contributed by atoms with E-state index in [1.54, 1.807) is 29.2 Å². The highest BCUT2D eigenvalue weighted by Gasteiger charge is 2.33. The molecule has 0 aliphatic carbocycles. The molecule has 1 atom stereocenters. The topological polar surface area (TPSA) is 92.9 Å². The van der Waals surface area contributed by atoms with Gasteiger partial charge in [0.1, 0.15) is 5.75 Å². The number of rotatable bonds is 4. The summed E-state index contributed by atoms with van der Waals surface area (Å²) in [5.41, 5.74) is 0.438. The monoisotopic (exact) mass is 344 g/mol. The van der Waals surface area contributed by atoms with Crippen molar-refractivity contribution < 1.29 is 23.8 Å². The first-order valence-corrected chi connectivity index (χ1v) is 8.21. The van der Waals surface area contributed by atoms with E-state index in [4.69, 9.17) is 9.15 Å². The van der Waals surface area contributed by atoms with Crippen LogP contribution in [0.2, 0.25) is 0 Å². The van der Waals surface area contributed by atoms with Gasteiger partial charge in [0.05, 0.1) is 11.6 Å². The number of nitrogens with zero attached hydrogens (tertiary/aromatic N) is 2. The number of hydrogen-bond acceptors (Lipinski definition) is 5. The summed E-state index contributed by atoms with van der Waals surface area (Å²) in [5, 5.41) is 9.26. The van der Waals surface area contributed by atoms with E-state index >= 15 is 0 Å². The zero-order valence-corrected chi connectivity index (χ0v) is 14.1. The van der Waals surface area contributed by atoms with Gasteiger partial charge < -0.3 is 19.2 Å². The molecule has 1 amide bonds. The van der Waals surface area contributed by atoms with Gasteiger partial charge in [0, 0.05) is 13.1 Å². The fraction of sp³-hybridized carbons (Fsp3) is 0.389. The third kappa shape index (κ3) is 3.65. The van der Waals surface area contributed by atoms with Crippen molar-refractivity contribution in [3.05, 3.63) is 47.7 Å². The molecule has 1 fully saturated rings. The standard InChI is InChI=1S/C18H20N2O5/c1-11(2)14-15(17(21)22)25-16(19-14)12-8-9-20(10-12)18(23)24-13-6-4-3-5-7-13/h3-7,11-12H,8-10H2,1-2H3,(H,21,22)/t12-/m1/s1. The lowest BCUT2D eigenvalue weighted by molar-refractivity contribution is 0.0657. The number of carboxylic acid groups (broad SMARTS) is 1. The van der Waals surface area contributed by atoms with Gasteiger partial charge in [-0.3, -0.25) is 0 Å². The summed E-state index contributed by atoms with van der Waals surface area (Å²) in [6.07, 6.45) is 0.226. The SMILES string of the molecule is CC(C)c1nc([C@@H]2CCN(C(=O)Oc3ccccc3)C2)oc1C(=O)O. The molecule has 0 radical (unpaired) electrons. The second-order valence-corrected chi connectivity index (χ2v) is 6.34. The number of likely N-dealkylation sites (tertiary alicyclic amines) is 1. The number of aromatic nitrogens is 1. The quantitative estimate of drug-likeness (QED) is 0.912. The highest BCUT2D eigenvalue weighted by atomic mass is 16.6. The number of aromatic carboxylic acids is 1. The number of hydrogen-bond donors (Lipinski definition) is 1. The Morgan fingerprint density at radius 2 is 2.04 bits per heavy atom. The minimum Gasteiger partial charge on any atom is -0.475 e. The molecule has 0 saturated carbocycles. The van der Waals surface area contributed by atoms with E-state index < -0.39 is 12.1 Å². The van der Waals surface area contributed by atoms with Crippen LogP contribution in [0, 0.1) is 0 Å². The highest BCUT2D eigenvalue weighted by Crippen LogP contribution is 2.31. The Balaban J connectivity index is 1.69. The van der Waals surface area contributed by atoms with Crippen LogP contribution < -0.4 is 4.74 Å². The molecule has 0 spiro atoms. The fourth-order valence-electron chi connectivity index (χ4n) is 2.85. The molecule has 1 N–H and O–H groups in total. The Hall–Kier alpha value is -2.83. The van der Waals surface area contributed by atoms with E-state index in [0.29, 0.717) is 36.8 Å². The molecule has 3 rings (SSSR count). The second-order valence-electron chi connectivity index (χ2n) is 6.34. The number of oxazole rings is 1.